The number of carbonyl (C=O) groups excluding carboxylic acids is 1. The Kier molecular flexibility index (Phi) is 8.01. The van der Waals surface area contributed by atoms with E-state index in [9.17, 15) is 26.7 Å². The molecule has 0 bridgehead atoms. The Balaban J connectivity index is 1.44. The molecule has 1 fully saturated rings. The molecular weight excluding hydrogens is 483 g/mol. The largest absolute Gasteiger partial charge is 0.423 e. The SMILES string of the molecule is CCCCC1COC(c2cc(F)c(C(=O)Oc3ccc(-c4cc(F)c(F)c(F)c4)cc3)c(F)c2)OC1. The first kappa shape index (κ1) is 25.8. The third-order valence-corrected chi connectivity index (χ3v) is 5.86. The van der Waals surface area contributed by atoms with Gasteiger partial charge in [0, 0.05) is 11.5 Å². The molecule has 0 amide bonds. The Hall–Kier alpha value is -3.30. The van der Waals surface area contributed by atoms with Gasteiger partial charge in [-0.1, -0.05) is 31.9 Å². The summed E-state index contributed by atoms with van der Waals surface area (Å²) in [6.07, 6.45) is 2.08. The van der Waals surface area contributed by atoms with Gasteiger partial charge < -0.3 is 14.2 Å². The number of halogens is 5. The minimum absolute atomic E-state index is 0.0563. The van der Waals surface area contributed by atoms with Crippen LogP contribution in [0.5, 0.6) is 5.75 Å². The van der Waals surface area contributed by atoms with Gasteiger partial charge in [-0.2, -0.15) is 0 Å². The highest BCUT2D eigenvalue weighted by Gasteiger charge is 2.27. The van der Waals surface area contributed by atoms with E-state index in [-0.39, 0.29) is 22.8 Å². The van der Waals surface area contributed by atoms with Crippen molar-refractivity contribution in [1.29, 1.82) is 0 Å². The maximum Gasteiger partial charge on any atom is 0.349 e. The van der Waals surface area contributed by atoms with Crippen LogP contribution in [0, 0.1) is 35.0 Å². The van der Waals surface area contributed by atoms with Crippen LogP contribution in [0.3, 0.4) is 0 Å². The van der Waals surface area contributed by atoms with Crippen LogP contribution in [0.25, 0.3) is 11.1 Å². The molecule has 4 nitrogen and oxygen atoms in total. The highest BCUT2D eigenvalue weighted by molar-refractivity contribution is 5.91. The molecule has 0 atom stereocenters. The summed E-state index contributed by atoms with van der Waals surface area (Å²) in [4.78, 5) is 12.5. The number of hydrogen-bond donors (Lipinski definition) is 0. The third-order valence-electron chi connectivity index (χ3n) is 5.86. The van der Waals surface area contributed by atoms with Gasteiger partial charge in [0.2, 0.25) is 0 Å². The molecule has 3 aromatic rings. The fraction of sp³-hybridized carbons (Fsp3) is 0.296. The molecule has 36 heavy (non-hydrogen) atoms. The number of ether oxygens (including phenoxy) is 3. The minimum atomic E-state index is -1.59. The molecule has 1 saturated heterocycles. The predicted molar refractivity (Wildman–Crippen MR) is 121 cm³/mol. The first-order valence-corrected chi connectivity index (χ1v) is 11.5. The van der Waals surface area contributed by atoms with E-state index in [1.165, 1.54) is 24.3 Å². The lowest BCUT2D eigenvalue weighted by Gasteiger charge is -2.29. The molecule has 1 aliphatic rings. The second-order valence-corrected chi connectivity index (χ2v) is 8.53. The molecule has 1 aliphatic heterocycles. The zero-order chi connectivity index (χ0) is 25.8. The summed E-state index contributed by atoms with van der Waals surface area (Å²) < 4.78 is 85.8. The van der Waals surface area contributed by atoms with Gasteiger partial charge in [-0.05, 0) is 53.9 Å². The summed E-state index contributed by atoms with van der Waals surface area (Å²) >= 11 is 0. The van der Waals surface area contributed by atoms with Crippen LogP contribution >= 0.6 is 0 Å². The number of esters is 1. The van der Waals surface area contributed by atoms with Gasteiger partial charge in [-0.15, -0.1) is 0 Å². The summed E-state index contributed by atoms with van der Waals surface area (Å²) in [7, 11) is 0. The van der Waals surface area contributed by atoms with Crippen molar-refractivity contribution in [2.24, 2.45) is 5.92 Å². The van der Waals surface area contributed by atoms with Crippen LogP contribution in [0.2, 0.25) is 0 Å². The van der Waals surface area contributed by atoms with Crippen LogP contribution in [-0.2, 0) is 9.47 Å². The summed E-state index contributed by atoms with van der Waals surface area (Å²) in [6.45, 7) is 2.90. The number of benzene rings is 3. The van der Waals surface area contributed by atoms with E-state index in [0.717, 1.165) is 43.5 Å². The Morgan fingerprint density at radius 2 is 1.44 bits per heavy atom. The summed E-state index contributed by atoms with van der Waals surface area (Å²) in [6, 6.07) is 8.83. The minimum Gasteiger partial charge on any atom is -0.423 e. The highest BCUT2D eigenvalue weighted by atomic mass is 19.2. The normalized spacial score (nSPS) is 17.7. The van der Waals surface area contributed by atoms with Crippen LogP contribution < -0.4 is 4.74 Å². The Bertz CT molecular complexity index is 1190. The number of hydrogen-bond acceptors (Lipinski definition) is 4. The lowest BCUT2D eigenvalue weighted by atomic mass is 10.0. The maximum atomic E-state index is 14.7. The quantitative estimate of drug-likeness (QED) is 0.148. The topological polar surface area (TPSA) is 44.8 Å². The van der Waals surface area contributed by atoms with Crippen molar-refractivity contribution in [2.45, 2.75) is 32.5 Å². The lowest BCUT2D eigenvalue weighted by molar-refractivity contribution is -0.206. The zero-order valence-electron chi connectivity index (χ0n) is 19.3. The monoisotopic (exact) mass is 506 g/mol. The van der Waals surface area contributed by atoms with Crippen molar-refractivity contribution in [3.63, 3.8) is 0 Å². The number of rotatable bonds is 7. The second kappa shape index (κ2) is 11.2. The van der Waals surface area contributed by atoms with Gasteiger partial charge in [0.15, 0.2) is 23.7 Å². The van der Waals surface area contributed by atoms with Crippen LogP contribution in [-0.4, -0.2) is 19.2 Å². The van der Waals surface area contributed by atoms with Crippen molar-refractivity contribution in [1.82, 2.24) is 0 Å². The third kappa shape index (κ3) is 5.74. The van der Waals surface area contributed by atoms with Crippen molar-refractivity contribution in [3.8, 4) is 16.9 Å². The standard InChI is InChI=1S/C27H23F5O4/c1-2-3-4-15-13-34-27(35-14-15)18-11-20(28)24(21(29)12-18)26(33)36-19-7-5-16(6-8-19)17-9-22(30)25(32)23(31)10-17/h5-12,15,27H,2-4,13-14H2,1H3. The van der Waals surface area contributed by atoms with Gasteiger partial charge in [0.1, 0.15) is 22.9 Å². The van der Waals surface area contributed by atoms with E-state index < -0.39 is 46.9 Å². The fourth-order valence-electron chi connectivity index (χ4n) is 3.91. The van der Waals surface area contributed by atoms with Gasteiger partial charge in [0.05, 0.1) is 13.2 Å². The summed E-state index contributed by atoms with van der Waals surface area (Å²) in [5.41, 5.74) is -0.416. The van der Waals surface area contributed by atoms with Crippen LogP contribution in [0.1, 0.15) is 48.4 Å². The number of carbonyl (C=O) groups is 1. The van der Waals surface area contributed by atoms with Gasteiger partial charge in [-0.25, -0.2) is 26.7 Å². The van der Waals surface area contributed by atoms with E-state index in [0.29, 0.717) is 18.8 Å². The average Bonchev–Trinajstić information content (AvgIpc) is 2.86. The molecule has 0 N–H and O–H groups in total. The van der Waals surface area contributed by atoms with Crippen LogP contribution in [0.15, 0.2) is 48.5 Å². The molecule has 0 aromatic heterocycles. The Morgan fingerprint density at radius 3 is 2.00 bits per heavy atom. The Labute approximate surface area is 204 Å². The second-order valence-electron chi connectivity index (χ2n) is 8.53. The van der Waals surface area contributed by atoms with Gasteiger partial charge in [-0.3, -0.25) is 0 Å². The zero-order valence-corrected chi connectivity index (χ0v) is 19.3. The molecule has 0 aliphatic carbocycles. The first-order chi connectivity index (χ1) is 17.3. The fourth-order valence-corrected chi connectivity index (χ4v) is 3.91. The molecule has 3 aromatic carbocycles. The highest BCUT2D eigenvalue weighted by Crippen LogP contribution is 2.30. The summed E-state index contributed by atoms with van der Waals surface area (Å²) in [5, 5.41) is 0. The molecule has 0 radical (unpaired) electrons. The Morgan fingerprint density at radius 1 is 0.861 bits per heavy atom. The van der Waals surface area contributed by atoms with E-state index in [1.54, 1.807) is 0 Å². The molecule has 0 unspecified atom stereocenters. The molecule has 190 valence electrons. The summed E-state index contributed by atoms with van der Waals surface area (Å²) in [5.74, 6) is -7.67. The first-order valence-electron chi connectivity index (χ1n) is 11.5. The lowest BCUT2D eigenvalue weighted by Crippen LogP contribution is -2.27. The van der Waals surface area contributed by atoms with E-state index >= 15 is 0 Å². The predicted octanol–water partition coefficient (Wildman–Crippen LogP) is 7.12. The molecule has 0 spiro atoms. The van der Waals surface area contributed by atoms with E-state index in [4.69, 9.17) is 14.2 Å². The van der Waals surface area contributed by atoms with Crippen molar-refractivity contribution in [3.05, 3.63) is 88.7 Å². The van der Waals surface area contributed by atoms with Crippen molar-refractivity contribution < 1.29 is 41.0 Å². The molecule has 9 heteroatoms. The molecule has 0 saturated carbocycles. The number of unbranched alkanes of at least 4 members (excludes halogenated alkanes) is 1. The van der Waals surface area contributed by atoms with Gasteiger partial charge >= 0.3 is 5.97 Å². The average molecular weight is 506 g/mol. The smallest absolute Gasteiger partial charge is 0.349 e. The van der Waals surface area contributed by atoms with Crippen LogP contribution in [0.4, 0.5) is 22.0 Å². The van der Waals surface area contributed by atoms with Crippen molar-refractivity contribution in [2.75, 3.05) is 13.2 Å². The molecule has 4 rings (SSSR count). The van der Waals surface area contributed by atoms with Crippen molar-refractivity contribution >= 4 is 5.97 Å². The van der Waals surface area contributed by atoms with E-state index in [1.807, 2.05) is 0 Å². The molecule has 1 heterocycles. The van der Waals surface area contributed by atoms with E-state index in [2.05, 4.69) is 6.92 Å². The van der Waals surface area contributed by atoms with Gasteiger partial charge in [0.25, 0.3) is 0 Å². The molecular formula is C27H23F5O4. The maximum absolute atomic E-state index is 14.7.